The molecule has 4 heteroatoms. The molecule has 1 aromatic rings. The van der Waals surface area contributed by atoms with Crippen LogP contribution >= 0.6 is 0 Å². The van der Waals surface area contributed by atoms with Gasteiger partial charge in [-0.15, -0.1) is 0 Å². The van der Waals surface area contributed by atoms with Gasteiger partial charge in [0.2, 0.25) is 5.79 Å². The Morgan fingerprint density at radius 1 is 1.40 bits per heavy atom. The number of para-hydroxylation sites is 1. The fourth-order valence-corrected chi connectivity index (χ4v) is 1.39. The fraction of sp³-hybridized carbons (Fsp3) is 0.455. The molecule has 4 nitrogen and oxygen atoms in total. The minimum atomic E-state index is -1.54. The molecule has 15 heavy (non-hydrogen) atoms. The van der Waals surface area contributed by atoms with E-state index in [4.69, 9.17) is 14.6 Å². The summed E-state index contributed by atoms with van der Waals surface area (Å²) in [6.07, 6.45) is 0.296. The van der Waals surface area contributed by atoms with Crippen molar-refractivity contribution >= 4 is 0 Å². The Bertz CT molecular complexity index is 310. The topological polar surface area (TPSA) is 62.2 Å². The van der Waals surface area contributed by atoms with E-state index < -0.39 is 12.4 Å². The fourth-order valence-electron chi connectivity index (χ4n) is 1.39. The lowest BCUT2D eigenvalue weighted by Crippen LogP contribution is -2.41. The molecule has 0 bridgehead atoms. The predicted octanol–water partition coefficient (Wildman–Crippen LogP) is 0.535. The summed E-state index contributed by atoms with van der Waals surface area (Å²) in [7, 11) is 0. The standard InChI is InChI=1S/C11H14O4/c12-8-11(13,6-10-7-14-10)15-9-4-2-1-3-5-9/h1-5,10,12-13H,6-8H2. The van der Waals surface area contributed by atoms with E-state index in [0.717, 1.165) is 0 Å². The summed E-state index contributed by atoms with van der Waals surface area (Å²) in [6, 6.07) is 8.93. The first-order valence-corrected chi connectivity index (χ1v) is 4.91. The zero-order valence-electron chi connectivity index (χ0n) is 8.30. The molecule has 2 N–H and O–H groups in total. The lowest BCUT2D eigenvalue weighted by atomic mass is 10.1. The highest BCUT2D eigenvalue weighted by atomic mass is 16.6. The summed E-state index contributed by atoms with van der Waals surface area (Å²) in [5.74, 6) is -1.00. The second kappa shape index (κ2) is 4.18. The van der Waals surface area contributed by atoms with Gasteiger partial charge in [0.05, 0.1) is 12.7 Å². The van der Waals surface area contributed by atoms with E-state index >= 15 is 0 Å². The molecule has 0 amide bonds. The van der Waals surface area contributed by atoms with Crippen molar-refractivity contribution in [2.75, 3.05) is 13.2 Å². The van der Waals surface area contributed by atoms with Crippen molar-refractivity contribution in [3.8, 4) is 5.75 Å². The largest absolute Gasteiger partial charge is 0.460 e. The van der Waals surface area contributed by atoms with Crippen LogP contribution in [0.1, 0.15) is 6.42 Å². The minimum absolute atomic E-state index is 0.00543. The Morgan fingerprint density at radius 3 is 2.60 bits per heavy atom. The number of benzene rings is 1. The average Bonchev–Trinajstić information content (AvgIpc) is 3.03. The summed E-state index contributed by atoms with van der Waals surface area (Å²) in [6.45, 7) is 0.183. The average molecular weight is 210 g/mol. The van der Waals surface area contributed by atoms with Gasteiger partial charge >= 0.3 is 0 Å². The number of aliphatic hydroxyl groups is 2. The van der Waals surface area contributed by atoms with Gasteiger partial charge in [0.1, 0.15) is 12.4 Å². The van der Waals surface area contributed by atoms with Crippen LogP contribution < -0.4 is 4.74 Å². The van der Waals surface area contributed by atoms with Crippen molar-refractivity contribution in [1.29, 1.82) is 0 Å². The zero-order valence-corrected chi connectivity index (χ0v) is 8.30. The zero-order chi connectivity index (χ0) is 10.7. The second-order valence-electron chi connectivity index (χ2n) is 3.68. The molecule has 0 spiro atoms. The van der Waals surface area contributed by atoms with Crippen molar-refractivity contribution in [3.63, 3.8) is 0 Å². The molecule has 2 rings (SSSR count). The van der Waals surface area contributed by atoms with Gasteiger partial charge in [-0.05, 0) is 12.1 Å². The molecule has 2 atom stereocenters. The number of ether oxygens (including phenoxy) is 2. The molecule has 0 aliphatic carbocycles. The SMILES string of the molecule is OCC(O)(CC1CO1)Oc1ccccc1. The van der Waals surface area contributed by atoms with Crippen molar-refractivity contribution in [2.24, 2.45) is 0 Å². The van der Waals surface area contributed by atoms with Crippen molar-refractivity contribution < 1.29 is 19.7 Å². The Balaban J connectivity index is 2.00. The maximum absolute atomic E-state index is 9.93. The molecule has 1 heterocycles. The monoisotopic (exact) mass is 210 g/mol. The van der Waals surface area contributed by atoms with Gasteiger partial charge in [0.25, 0.3) is 0 Å². The maximum Gasteiger partial charge on any atom is 0.234 e. The Kier molecular flexibility index (Phi) is 2.90. The first-order chi connectivity index (χ1) is 7.22. The van der Waals surface area contributed by atoms with Crippen LogP contribution in [0.25, 0.3) is 0 Å². The van der Waals surface area contributed by atoms with Crippen molar-refractivity contribution in [2.45, 2.75) is 18.3 Å². The van der Waals surface area contributed by atoms with Crippen LogP contribution in [-0.2, 0) is 4.74 Å². The number of hydrogen-bond donors (Lipinski definition) is 2. The quantitative estimate of drug-likeness (QED) is 0.550. The summed E-state index contributed by atoms with van der Waals surface area (Å²) in [5.41, 5.74) is 0. The summed E-state index contributed by atoms with van der Waals surface area (Å²) >= 11 is 0. The van der Waals surface area contributed by atoms with E-state index in [9.17, 15) is 5.11 Å². The van der Waals surface area contributed by atoms with E-state index in [1.54, 1.807) is 24.3 Å². The first-order valence-electron chi connectivity index (χ1n) is 4.91. The normalized spacial score (nSPS) is 23.2. The molecule has 82 valence electrons. The highest BCUT2D eigenvalue weighted by Gasteiger charge is 2.37. The molecule has 1 fully saturated rings. The summed E-state index contributed by atoms with van der Waals surface area (Å²) in [5, 5.41) is 19.0. The van der Waals surface area contributed by atoms with Gasteiger partial charge in [-0.1, -0.05) is 18.2 Å². The molecular weight excluding hydrogens is 196 g/mol. The summed E-state index contributed by atoms with van der Waals surface area (Å²) in [4.78, 5) is 0. The highest BCUT2D eigenvalue weighted by Crippen LogP contribution is 2.25. The molecule has 1 aliphatic rings. The van der Waals surface area contributed by atoms with E-state index in [0.29, 0.717) is 18.8 Å². The number of aliphatic hydroxyl groups excluding tert-OH is 1. The van der Waals surface area contributed by atoms with Gasteiger partial charge in [-0.3, -0.25) is 0 Å². The molecule has 2 unspecified atom stereocenters. The van der Waals surface area contributed by atoms with Crippen LogP contribution in [0.5, 0.6) is 5.75 Å². The smallest absolute Gasteiger partial charge is 0.234 e. The third kappa shape index (κ3) is 2.92. The van der Waals surface area contributed by atoms with Gasteiger partial charge in [-0.25, -0.2) is 0 Å². The summed E-state index contributed by atoms with van der Waals surface area (Å²) < 4.78 is 10.3. The third-order valence-corrected chi connectivity index (χ3v) is 2.25. The molecule has 1 saturated heterocycles. The predicted molar refractivity (Wildman–Crippen MR) is 53.5 cm³/mol. The Labute approximate surface area is 88.1 Å². The van der Waals surface area contributed by atoms with Gasteiger partial charge in [0, 0.05) is 6.42 Å². The van der Waals surface area contributed by atoms with Gasteiger partial charge < -0.3 is 19.7 Å². The van der Waals surface area contributed by atoms with E-state index in [-0.39, 0.29) is 6.10 Å². The van der Waals surface area contributed by atoms with Crippen molar-refractivity contribution in [1.82, 2.24) is 0 Å². The molecule has 0 saturated carbocycles. The minimum Gasteiger partial charge on any atom is -0.460 e. The molecule has 0 aromatic heterocycles. The molecular formula is C11H14O4. The van der Waals surface area contributed by atoms with Crippen LogP contribution in [-0.4, -0.2) is 35.3 Å². The Morgan fingerprint density at radius 2 is 2.07 bits per heavy atom. The van der Waals surface area contributed by atoms with Crippen LogP contribution in [0.15, 0.2) is 30.3 Å². The third-order valence-electron chi connectivity index (χ3n) is 2.25. The lowest BCUT2D eigenvalue weighted by Gasteiger charge is -2.26. The van der Waals surface area contributed by atoms with Crippen LogP contribution in [0.3, 0.4) is 0 Å². The molecule has 1 aromatic carbocycles. The maximum atomic E-state index is 9.93. The van der Waals surface area contributed by atoms with Gasteiger partial charge in [-0.2, -0.15) is 0 Å². The highest BCUT2D eigenvalue weighted by molar-refractivity contribution is 5.21. The van der Waals surface area contributed by atoms with Crippen LogP contribution in [0.4, 0.5) is 0 Å². The number of rotatable bonds is 5. The molecule has 1 aliphatic heterocycles. The number of epoxide rings is 1. The van der Waals surface area contributed by atoms with Gasteiger partial charge in [0.15, 0.2) is 0 Å². The van der Waals surface area contributed by atoms with Crippen molar-refractivity contribution in [3.05, 3.63) is 30.3 Å². The second-order valence-corrected chi connectivity index (χ2v) is 3.68. The van der Waals surface area contributed by atoms with Crippen LogP contribution in [0, 0.1) is 0 Å². The molecule has 0 radical (unpaired) electrons. The lowest BCUT2D eigenvalue weighted by molar-refractivity contribution is -0.172. The van der Waals surface area contributed by atoms with E-state index in [1.807, 2.05) is 6.07 Å². The Hall–Kier alpha value is -1.10. The number of hydrogen-bond acceptors (Lipinski definition) is 4. The van der Waals surface area contributed by atoms with E-state index in [1.165, 1.54) is 0 Å². The van der Waals surface area contributed by atoms with E-state index in [2.05, 4.69) is 0 Å². The van der Waals surface area contributed by atoms with Crippen LogP contribution in [0.2, 0.25) is 0 Å². The first kappa shape index (κ1) is 10.4.